The van der Waals surface area contributed by atoms with Gasteiger partial charge in [-0.15, -0.1) is 0 Å². The third-order valence-corrected chi connectivity index (χ3v) is 3.10. The van der Waals surface area contributed by atoms with Crippen LogP contribution in [-0.2, 0) is 6.42 Å². The van der Waals surface area contributed by atoms with Crippen LogP contribution in [0.1, 0.15) is 22.8 Å². The topological polar surface area (TPSA) is 35.5 Å². The number of rotatable bonds is 6. The van der Waals surface area contributed by atoms with Crippen LogP contribution >= 0.6 is 0 Å². The van der Waals surface area contributed by atoms with Gasteiger partial charge in [0.05, 0.1) is 7.11 Å². The lowest BCUT2D eigenvalue weighted by Crippen LogP contribution is -2.11. The van der Waals surface area contributed by atoms with Gasteiger partial charge < -0.3 is 9.47 Å². The second kappa shape index (κ2) is 6.75. The molecule has 0 N–H and O–H groups in total. The van der Waals surface area contributed by atoms with Crippen LogP contribution in [0.4, 0.5) is 0 Å². The minimum Gasteiger partial charge on any atom is -0.497 e. The number of ether oxygens (including phenoxy) is 2. The normalized spacial score (nSPS) is 10.1. The summed E-state index contributed by atoms with van der Waals surface area (Å²) in [6.45, 7) is 2.11. The van der Waals surface area contributed by atoms with E-state index in [0.29, 0.717) is 17.1 Å². The lowest BCUT2D eigenvalue weighted by Gasteiger charge is -2.07. The predicted octanol–water partition coefficient (Wildman–Crippen LogP) is 3.52. The molecule has 0 aliphatic carbocycles. The highest BCUT2D eigenvalue weighted by molar-refractivity contribution is 5.97. The minimum absolute atomic E-state index is 0.0264. The molecule has 0 spiro atoms. The highest BCUT2D eigenvalue weighted by Crippen LogP contribution is 2.19. The third-order valence-electron chi connectivity index (χ3n) is 3.10. The van der Waals surface area contributed by atoms with Gasteiger partial charge in [-0.1, -0.05) is 37.3 Å². The van der Waals surface area contributed by atoms with Crippen LogP contribution in [-0.4, -0.2) is 19.5 Å². The summed E-state index contributed by atoms with van der Waals surface area (Å²) in [4.78, 5) is 12.0. The summed E-state index contributed by atoms with van der Waals surface area (Å²) >= 11 is 0. The van der Waals surface area contributed by atoms with E-state index >= 15 is 0 Å². The molecule has 3 nitrogen and oxygen atoms in total. The molecule has 0 fully saturated rings. The number of aryl methyl sites for hydroxylation is 1. The molecule has 0 saturated carbocycles. The quantitative estimate of drug-likeness (QED) is 0.753. The lowest BCUT2D eigenvalue weighted by molar-refractivity contribution is 0.0921. The van der Waals surface area contributed by atoms with Gasteiger partial charge >= 0.3 is 0 Å². The predicted molar refractivity (Wildman–Crippen MR) is 78.6 cm³/mol. The number of benzene rings is 2. The molecule has 0 aliphatic rings. The van der Waals surface area contributed by atoms with Gasteiger partial charge in [0.15, 0.2) is 12.4 Å². The summed E-state index contributed by atoms with van der Waals surface area (Å²) in [7, 11) is 1.60. The van der Waals surface area contributed by atoms with Gasteiger partial charge in [0.1, 0.15) is 11.5 Å². The Morgan fingerprint density at radius 2 is 1.75 bits per heavy atom. The zero-order valence-corrected chi connectivity index (χ0v) is 11.8. The van der Waals surface area contributed by atoms with E-state index in [4.69, 9.17) is 9.47 Å². The first-order valence-corrected chi connectivity index (χ1v) is 6.62. The molecule has 0 saturated heterocycles. The van der Waals surface area contributed by atoms with Crippen LogP contribution in [0.3, 0.4) is 0 Å². The number of carbonyl (C=O) groups is 1. The Balaban J connectivity index is 1.97. The molecule has 0 unspecified atom stereocenters. The number of hydrogen-bond donors (Lipinski definition) is 0. The summed E-state index contributed by atoms with van der Waals surface area (Å²) in [6.07, 6.45) is 0.967. The van der Waals surface area contributed by atoms with Crippen molar-refractivity contribution in [2.45, 2.75) is 13.3 Å². The summed E-state index contributed by atoms with van der Waals surface area (Å²) in [5.74, 6) is 1.31. The Morgan fingerprint density at radius 3 is 2.40 bits per heavy atom. The monoisotopic (exact) mass is 270 g/mol. The van der Waals surface area contributed by atoms with Crippen molar-refractivity contribution in [1.82, 2.24) is 0 Å². The van der Waals surface area contributed by atoms with Crippen molar-refractivity contribution in [3.8, 4) is 11.5 Å². The smallest absolute Gasteiger partial charge is 0.200 e. The molecule has 0 heterocycles. The molecule has 0 aliphatic heterocycles. The first kappa shape index (κ1) is 14.1. The van der Waals surface area contributed by atoms with E-state index in [-0.39, 0.29) is 12.4 Å². The largest absolute Gasteiger partial charge is 0.497 e. The molecule has 2 rings (SSSR count). The molecule has 3 heteroatoms. The van der Waals surface area contributed by atoms with Crippen molar-refractivity contribution in [1.29, 1.82) is 0 Å². The second-order valence-corrected chi connectivity index (χ2v) is 4.44. The molecule has 104 valence electrons. The first-order valence-electron chi connectivity index (χ1n) is 6.62. The van der Waals surface area contributed by atoms with Crippen LogP contribution in [0.25, 0.3) is 0 Å². The van der Waals surface area contributed by atoms with Crippen LogP contribution in [0.2, 0.25) is 0 Å². The Kier molecular flexibility index (Phi) is 4.77. The lowest BCUT2D eigenvalue weighted by atomic mass is 10.1. The van der Waals surface area contributed by atoms with E-state index in [2.05, 4.69) is 6.92 Å². The van der Waals surface area contributed by atoms with Crippen molar-refractivity contribution >= 4 is 5.78 Å². The maximum absolute atomic E-state index is 12.0. The number of Topliss-reactive ketones (excluding diaryl/α,β-unsaturated/α-hetero) is 1. The van der Waals surface area contributed by atoms with Crippen LogP contribution in [0.15, 0.2) is 48.5 Å². The Bertz CT molecular complexity index is 573. The second-order valence-electron chi connectivity index (χ2n) is 4.44. The highest BCUT2D eigenvalue weighted by atomic mass is 16.5. The molecule has 2 aromatic carbocycles. The number of ketones is 1. The standard InChI is InChI=1S/C17H18O3/c1-3-13-7-9-14(10-8-13)17(18)12-20-16-6-4-5-15(11-16)19-2/h4-11H,3,12H2,1-2H3. The fraction of sp³-hybridized carbons (Fsp3) is 0.235. The Hall–Kier alpha value is -2.29. The average molecular weight is 270 g/mol. The molecular formula is C17H18O3. The van der Waals surface area contributed by atoms with Gasteiger partial charge in [-0.25, -0.2) is 0 Å². The molecule has 0 amide bonds. The van der Waals surface area contributed by atoms with Gasteiger partial charge in [0, 0.05) is 11.6 Å². The van der Waals surface area contributed by atoms with Crippen molar-refractivity contribution in [3.63, 3.8) is 0 Å². The summed E-state index contributed by atoms with van der Waals surface area (Å²) < 4.78 is 10.6. The molecular weight excluding hydrogens is 252 g/mol. The number of carbonyl (C=O) groups excluding carboxylic acids is 1. The van der Waals surface area contributed by atoms with Gasteiger partial charge in [0.25, 0.3) is 0 Å². The zero-order valence-electron chi connectivity index (χ0n) is 11.8. The SMILES string of the molecule is CCc1ccc(C(=O)COc2cccc(OC)c2)cc1. The number of methoxy groups -OCH3 is 1. The van der Waals surface area contributed by atoms with E-state index in [9.17, 15) is 4.79 Å². The summed E-state index contributed by atoms with van der Waals surface area (Å²) in [6, 6.07) is 14.8. The molecule has 0 atom stereocenters. The Morgan fingerprint density at radius 1 is 1.05 bits per heavy atom. The molecule has 0 radical (unpaired) electrons. The number of hydrogen-bond acceptors (Lipinski definition) is 3. The van der Waals surface area contributed by atoms with Gasteiger partial charge in [-0.05, 0) is 24.1 Å². The average Bonchev–Trinajstić information content (AvgIpc) is 2.53. The van der Waals surface area contributed by atoms with Crippen molar-refractivity contribution < 1.29 is 14.3 Å². The summed E-state index contributed by atoms with van der Waals surface area (Å²) in [5.41, 5.74) is 1.89. The minimum atomic E-state index is -0.0320. The first-order chi connectivity index (χ1) is 9.72. The fourth-order valence-corrected chi connectivity index (χ4v) is 1.85. The molecule has 2 aromatic rings. The maximum Gasteiger partial charge on any atom is 0.200 e. The van der Waals surface area contributed by atoms with Crippen molar-refractivity contribution in [2.75, 3.05) is 13.7 Å². The van der Waals surface area contributed by atoms with E-state index in [1.54, 1.807) is 19.2 Å². The van der Waals surface area contributed by atoms with Crippen molar-refractivity contribution in [2.24, 2.45) is 0 Å². The van der Waals surface area contributed by atoms with Crippen molar-refractivity contribution in [3.05, 3.63) is 59.7 Å². The van der Waals surface area contributed by atoms with E-state index in [1.807, 2.05) is 36.4 Å². The summed E-state index contributed by atoms with van der Waals surface area (Å²) in [5, 5.41) is 0. The Labute approximate surface area is 119 Å². The highest BCUT2D eigenvalue weighted by Gasteiger charge is 2.07. The molecule has 0 aromatic heterocycles. The van der Waals surface area contributed by atoms with E-state index < -0.39 is 0 Å². The van der Waals surface area contributed by atoms with Gasteiger partial charge in [-0.3, -0.25) is 4.79 Å². The fourth-order valence-electron chi connectivity index (χ4n) is 1.85. The molecule has 0 bridgehead atoms. The third kappa shape index (κ3) is 3.60. The van der Waals surface area contributed by atoms with Crippen LogP contribution in [0, 0.1) is 0 Å². The van der Waals surface area contributed by atoms with Crippen LogP contribution in [0.5, 0.6) is 11.5 Å². The van der Waals surface area contributed by atoms with Crippen LogP contribution < -0.4 is 9.47 Å². The van der Waals surface area contributed by atoms with Gasteiger partial charge in [-0.2, -0.15) is 0 Å². The van der Waals surface area contributed by atoms with Gasteiger partial charge in [0.2, 0.25) is 0 Å². The van der Waals surface area contributed by atoms with E-state index in [0.717, 1.165) is 6.42 Å². The molecule has 20 heavy (non-hydrogen) atoms. The maximum atomic E-state index is 12.0. The zero-order chi connectivity index (χ0) is 14.4. The van der Waals surface area contributed by atoms with E-state index in [1.165, 1.54) is 5.56 Å².